The van der Waals surface area contributed by atoms with E-state index in [-0.39, 0.29) is 29.7 Å². The number of hydrogen-bond acceptors (Lipinski definition) is 3. The molecule has 0 fully saturated rings. The molecule has 0 unspecified atom stereocenters. The minimum Gasteiger partial charge on any atom is -0.381 e. The number of unbranched alkanes of at least 4 members (excludes halogenated alkanes) is 4. The first-order valence-electron chi connectivity index (χ1n) is 28.4. The average Bonchev–Trinajstić information content (AvgIpc) is 3.10. The van der Waals surface area contributed by atoms with Crippen molar-refractivity contribution in [1.29, 1.82) is 0 Å². The lowest BCUT2D eigenvalue weighted by Gasteiger charge is -2.15. The maximum atomic E-state index is 11.2. The molecule has 0 saturated carbocycles. The second-order valence-electron chi connectivity index (χ2n) is 25.0. The van der Waals surface area contributed by atoms with Crippen molar-refractivity contribution in [2.24, 2.45) is 76.7 Å². The van der Waals surface area contributed by atoms with E-state index in [2.05, 4.69) is 166 Å². The molecule has 0 atom stereocenters. The third-order valence-electron chi connectivity index (χ3n) is 10.8. The van der Waals surface area contributed by atoms with Gasteiger partial charge in [-0.3, -0.25) is 4.79 Å². The van der Waals surface area contributed by atoms with Crippen LogP contribution in [0.2, 0.25) is 0 Å². The van der Waals surface area contributed by atoms with E-state index in [4.69, 9.17) is 10.5 Å². The highest BCUT2D eigenvalue weighted by atomic mass is 16.5. The van der Waals surface area contributed by atoms with Crippen molar-refractivity contribution in [3.63, 3.8) is 0 Å². The van der Waals surface area contributed by atoms with E-state index in [0.717, 1.165) is 110 Å². The predicted molar refractivity (Wildman–Crippen MR) is 326 cm³/mol. The molecule has 0 aromatic heterocycles. The summed E-state index contributed by atoms with van der Waals surface area (Å²) in [6, 6.07) is 0.417. The summed E-state index contributed by atoms with van der Waals surface area (Å²) in [4.78, 5) is 11.2. The van der Waals surface area contributed by atoms with Crippen LogP contribution in [0.25, 0.3) is 0 Å². The third-order valence-corrected chi connectivity index (χ3v) is 10.8. The van der Waals surface area contributed by atoms with E-state index in [1.165, 1.54) is 103 Å². The maximum absolute atomic E-state index is 11.2. The van der Waals surface area contributed by atoms with Crippen LogP contribution < -0.4 is 5.73 Å². The third kappa shape index (κ3) is 121. The van der Waals surface area contributed by atoms with Gasteiger partial charge in [-0.1, -0.05) is 286 Å². The summed E-state index contributed by atoms with van der Waals surface area (Å²) in [6.07, 6.45) is 27.0. The number of nitrogens with two attached hydrogens (primary N) is 1. The molecular formula is C65H149NO2. The van der Waals surface area contributed by atoms with Gasteiger partial charge in [0.1, 0.15) is 5.78 Å². The van der Waals surface area contributed by atoms with E-state index >= 15 is 0 Å². The van der Waals surface area contributed by atoms with Crippen molar-refractivity contribution < 1.29 is 9.53 Å². The first kappa shape index (κ1) is 90.4. The Bertz CT molecular complexity index is 735. The van der Waals surface area contributed by atoms with Gasteiger partial charge in [-0.05, 0) is 103 Å². The maximum Gasteiger partial charge on any atom is 0.133 e. The van der Waals surface area contributed by atoms with Crippen LogP contribution in [0.1, 0.15) is 331 Å². The van der Waals surface area contributed by atoms with Gasteiger partial charge < -0.3 is 10.5 Å². The molecule has 426 valence electrons. The second-order valence-corrected chi connectivity index (χ2v) is 25.0. The molecule has 0 amide bonds. The van der Waals surface area contributed by atoms with E-state index < -0.39 is 0 Å². The Kier molecular flexibility index (Phi) is 88.5. The number of ketones is 1. The lowest BCUT2D eigenvalue weighted by atomic mass is 9.97. The lowest BCUT2D eigenvalue weighted by Crippen LogP contribution is -2.23. The Balaban J connectivity index is -0.0000000735. The average molecular weight is 977 g/mol. The topological polar surface area (TPSA) is 52.3 Å². The largest absolute Gasteiger partial charge is 0.381 e. The highest BCUT2D eigenvalue weighted by Gasteiger charge is 2.07. The zero-order valence-electron chi connectivity index (χ0n) is 49.7. The fourth-order valence-electron chi connectivity index (χ4n) is 6.81. The first-order valence-corrected chi connectivity index (χ1v) is 28.4. The molecule has 0 aromatic rings. The number of rotatable bonds is 32. The van der Waals surface area contributed by atoms with E-state index in [1.54, 1.807) is 0 Å². The van der Waals surface area contributed by atoms with Gasteiger partial charge >= 0.3 is 0 Å². The van der Waals surface area contributed by atoms with Gasteiger partial charge in [0.15, 0.2) is 0 Å². The van der Waals surface area contributed by atoms with Crippen LogP contribution in [0.4, 0.5) is 0 Å². The van der Waals surface area contributed by atoms with Crippen molar-refractivity contribution in [2.45, 2.75) is 337 Å². The number of carbonyl (C=O) groups excluding carboxylic acids is 1. The summed E-state index contributed by atoms with van der Waals surface area (Å²) in [7, 11) is 0. The minimum atomic E-state index is 0. The Morgan fingerprint density at radius 1 is 0.309 bits per heavy atom. The van der Waals surface area contributed by atoms with Crippen molar-refractivity contribution >= 4 is 5.78 Å². The smallest absolute Gasteiger partial charge is 0.133 e. The number of hydrogen-bond donors (Lipinski definition) is 1. The highest BCUT2D eigenvalue weighted by molar-refractivity contribution is 5.78. The molecule has 0 aliphatic rings. The molecule has 68 heavy (non-hydrogen) atoms. The fourth-order valence-corrected chi connectivity index (χ4v) is 6.81. The molecule has 0 aromatic carbocycles. The Hall–Kier alpha value is -0.410. The monoisotopic (exact) mass is 976 g/mol. The SMILES string of the molecule is C.C.C.C.CC(C)CC(N)CC(C)C.CC(C)CCCC(=O)CC(C)C.CC(C)CCCC(C)C.CC(C)CCCCCC(C)C.CC(C)CCCCCC(C)C.CC(C)CCOCCC(C)C. The van der Waals surface area contributed by atoms with Gasteiger partial charge in [-0.25, -0.2) is 0 Å². The highest BCUT2D eigenvalue weighted by Crippen LogP contribution is 2.15. The zero-order valence-corrected chi connectivity index (χ0v) is 49.7. The minimum absolute atomic E-state index is 0. The number of Topliss-reactive ketones (excluding diaryl/α,β-unsaturated/α-hetero) is 1. The van der Waals surface area contributed by atoms with Crippen molar-refractivity contribution in [1.82, 2.24) is 0 Å². The molecule has 0 spiro atoms. The molecule has 0 saturated heterocycles. The number of ether oxygens (including phenoxy) is 1. The first-order chi connectivity index (χ1) is 29.5. The van der Waals surface area contributed by atoms with Gasteiger partial charge in [-0.2, -0.15) is 0 Å². The Morgan fingerprint density at radius 3 is 0.765 bits per heavy atom. The van der Waals surface area contributed by atoms with Crippen molar-refractivity contribution in [2.75, 3.05) is 13.2 Å². The Labute approximate surface area is 440 Å². The molecule has 3 heteroatoms. The quantitative estimate of drug-likeness (QED) is 0.0684. The fraction of sp³-hybridized carbons (Fsp3) is 0.985. The molecule has 0 bridgehead atoms. The van der Waals surface area contributed by atoms with Gasteiger partial charge in [0.2, 0.25) is 0 Å². The molecule has 0 radical (unpaired) electrons. The van der Waals surface area contributed by atoms with Gasteiger partial charge in [0, 0.05) is 32.1 Å². The molecule has 0 aliphatic carbocycles. The zero-order chi connectivity index (χ0) is 51.1. The second kappa shape index (κ2) is 66.6. The molecular weight excluding hydrogens is 827 g/mol. The molecule has 3 nitrogen and oxygen atoms in total. The van der Waals surface area contributed by atoms with E-state index in [9.17, 15) is 4.79 Å². The van der Waals surface area contributed by atoms with Crippen LogP contribution in [0.3, 0.4) is 0 Å². The van der Waals surface area contributed by atoms with Crippen LogP contribution in [-0.2, 0) is 9.53 Å². The van der Waals surface area contributed by atoms with Crippen LogP contribution in [0.5, 0.6) is 0 Å². The standard InChI is InChI=1S/C11H22O.2C11H24.C10H22O.C9H21N.C9H20.4CH4/c1-9(2)6-5-7-11(12)8-10(3)4;2*1-10(2)8-6-5-7-9-11(3)4;1-9(2)5-7-11-8-6-10(3)4;1-7(2)5-9(10)6-8(3)4;1-8(2)6-5-7-9(3)4;;;;/h9-10H,5-8H2,1-4H3;2*10-11H,5-9H2,1-4H3;9-10H,5-8H2,1-4H3;7-9H,5-6,10H2,1-4H3;8-9H,5-7H2,1-4H3;4*1H4. The molecule has 2 N–H and O–H groups in total. The van der Waals surface area contributed by atoms with Crippen LogP contribution >= 0.6 is 0 Å². The molecule has 0 heterocycles. The van der Waals surface area contributed by atoms with Crippen LogP contribution in [-0.4, -0.2) is 25.0 Å². The summed E-state index contributed by atoms with van der Waals surface area (Å²) in [6.45, 7) is 55.9. The van der Waals surface area contributed by atoms with Crippen molar-refractivity contribution in [3.05, 3.63) is 0 Å². The van der Waals surface area contributed by atoms with Gasteiger partial charge in [0.05, 0.1) is 0 Å². The normalized spacial score (nSPS) is 10.8. The van der Waals surface area contributed by atoms with E-state index in [0.29, 0.717) is 17.7 Å². The Morgan fingerprint density at radius 2 is 0.544 bits per heavy atom. The summed E-state index contributed by atoms with van der Waals surface area (Å²) in [5, 5.41) is 0. The summed E-state index contributed by atoms with van der Waals surface area (Å²) < 4.78 is 5.46. The van der Waals surface area contributed by atoms with Crippen molar-refractivity contribution in [3.8, 4) is 0 Å². The molecule has 0 rings (SSSR count). The summed E-state index contributed by atoms with van der Waals surface area (Å²) >= 11 is 0. The van der Waals surface area contributed by atoms with Gasteiger partial charge in [-0.15, -0.1) is 0 Å². The van der Waals surface area contributed by atoms with Crippen LogP contribution in [0, 0.1) is 71.0 Å². The summed E-state index contributed by atoms with van der Waals surface area (Å²) in [5.74, 6) is 10.1. The summed E-state index contributed by atoms with van der Waals surface area (Å²) in [5.41, 5.74) is 5.88. The van der Waals surface area contributed by atoms with Crippen LogP contribution in [0.15, 0.2) is 0 Å². The van der Waals surface area contributed by atoms with Gasteiger partial charge in [0.25, 0.3) is 0 Å². The number of carbonyl (C=O) groups is 1. The lowest BCUT2D eigenvalue weighted by molar-refractivity contribution is -0.119. The predicted octanol–water partition coefficient (Wildman–Crippen LogP) is 23.4. The van der Waals surface area contributed by atoms with E-state index in [1.807, 2.05) is 0 Å². The molecule has 0 aliphatic heterocycles.